The molecule has 190 valence electrons. The number of esters is 1. The zero-order valence-electron chi connectivity index (χ0n) is 20.6. The van der Waals surface area contributed by atoms with Gasteiger partial charge in [-0.2, -0.15) is 0 Å². The number of carbonyl (C=O) groups excluding carboxylic acids is 2. The second-order valence-corrected chi connectivity index (χ2v) is 13.2. The SMILES string of the molecule is CCC1(CCC(=O)OC)CCC(NC(=O)c2c(Br)sc(Br)c2Cc2ccc(-c3ccccc3)cc2)C1. The third-order valence-electron chi connectivity index (χ3n) is 7.46. The molecule has 0 bridgehead atoms. The van der Waals surface area contributed by atoms with Crippen LogP contribution >= 0.6 is 43.2 Å². The second kappa shape index (κ2) is 12.1. The normalized spacial score (nSPS) is 19.3. The Morgan fingerprint density at radius 2 is 1.75 bits per heavy atom. The lowest BCUT2D eigenvalue weighted by atomic mass is 9.79. The van der Waals surface area contributed by atoms with Gasteiger partial charge in [0.15, 0.2) is 0 Å². The van der Waals surface area contributed by atoms with Gasteiger partial charge in [-0.3, -0.25) is 9.59 Å². The van der Waals surface area contributed by atoms with Crippen molar-refractivity contribution in [3.63, 3.8) is 0 Å². The van der Waals surface area contributed by atoms with Gasteiger partial charge in [-0.15, -0.1) is 11.3 Å². The highest BCUT2D eigenvalue weighted by atomic mass is 79.9. The summed E-state index contributed by atoms with van der Waals surface area (Å²) in [7, 11) is 1.44. The van der Waals surface area contributed by atoms with Crippen molar-refractivity contribution in [2.24, 2.45) is 5.41 Å². The smallest absolute Gasteiger partial charge is 0.305 e. The summed E-state index contributed by atoms with van der Waals surface area (Å²) in [4.78, 5) is 25.2. The number of methoxy groups -OCH3 is 1. The van der Waals surface area contributed by atoms with Gasteiger partial charge >= 0.3 is 5.97 Å². The third kappa shape index (κ3) is 6.29. The van der Waals surface area contributed by atoms with Gasteiger partial charge in [-0.1, -0.05) is 67.9 Å². The maximum Gasteiger partial charge on any atom is 0.305 e. The maximum absolute atomic E-state index is 13.5. The van der Waals surface area contributed by atoms with Crippen LogP contribution in [0.15, 0.2) is 62.2 Å². The fourth-order valence-electron chi connectivity index (χ4n) is 5.22. The summed E-state index contributed by atoms with van der Waals surface area (Å²) in [6.45, 7) is 2.18. The van der Waals surface area contributed by atoms with Crippen LogP contribution in [0.5, 0.6) is 0 Å². The molecule has 4 rings (SSSR count). The first-order valence-corrected chi connectivity index (χ1v) is 14.7. The van der Waals surface area contributed by atoms with Gasteiger partial charge in [0.05, 0.1) is 20.2 Å². The Kier molecular flexibility index (Phi) is 9.07. The Bertz CT molecular complexity index is 1210. The van der Waals surface area contributed by atoms with E-state index in [2.05, 4.69) is 80.5 Å². The lowest BCUT2D eigenvalue weighted by molar-refractivity contribution is -0.141. The van der Waals surface area contributed by atoms with E-state index in [0.29, 0.717) is 18.4 Å². The van der Waals surface area contributed by atoms with Crippen LogP contribution in [0.2, 0.25) is 0 Å². The van der Waals surface area contributed by atoms with Crippen LogP contribution in [0.3, 0.4) is 0 Å². The number of rotatable bonds is 9. The summed E-state index contributed by atoms with van der Waals surface area (Å²) < 4.78 is 6.65. The molecule has 0 saturated heterocycles. The molecule has 1 aliphatic rings. The summed E-state index contributed by atoms with van der Waals surface area (Å²) in [5, 5.41) is 3.30. The van der Waals surface area contributed by atoms with Crippen LogP contribution in [0, 0.1) is 5.41 Å². The van der Waals surface area contributed by atoms with Crippen molar-refractivity contribution in [1.82, 2.24) is 5.32 Å². The average molecular weight is 633 g/mol. The van der Waals surface area contributed by atoms with Crippen molar-refractivity contribution in [2.45, 2.75) is 57.9 Å². The molecular weight excluding hydrogens is 602 g/mol. The molecule has 1 heterocycles. The molecule has 2 atom stereocenters. The number of thiophene rings is 1. The van der Waals surface area contributed by atoms with Gasteiger partial charge < -0.3 is 10.1 Å². The lowest BCUT2D eigenvalue weighted by Gasteiger charge is -2.27. The monoisotopic (exact) mass is 631 g/mol. The van der Waals surface area contributed by atoms with Crippen molar-refractivity contribution in [3.8, 4) is 11.1 Å². The van der Waals surface area contributed by atoms with Crippen molar-refractivity contribution in [3.05, 3.63) is 78.9 Å². The molecule has 2 unspecified atom stereocenters. The first-order chi connectivity index (χ1) is 17.3. The van der Waals surface area contributed by atoms with Crippen LogP contribution in [0.1, 0.15) is 66.9 Å². The molecule has 0 radical (unpaired) electrons. The molecule has 4 nitrogen and oxygen atoms in total. The first kappa shape index (κ1) is 27.1. The molecule has 0 aliphatic heterocycles. The molecule has 2 aromatic carbocycles. The van der Waals surface area contributed by atoms with Crippen molar-refractivity contribution in [2.75, 3.05) is 7.11 Å². The van der Waals surface area contributed by atoms with Crippen LogP contribution in [-0.2, 0) is 16.0 Å². The maximum atomic E-state index is 13.5. The predicted molar refractivity (Wildman–Crippen MR) is 153 cm³/mol. The fourth-order valence-corrected chi connectivity index (χ4v) is 8.38. The van der Waals surface area contributed by atoms with Crippen molar-refractivity contribution >= 4 is 55.1 Å². The highest BCUT2D eigenvalue weighted by Crippen LogP contribution is 2.45. The van der Waals surface area contributed by atoms with Gasteiger partial charge in [0.2, 0.25) is 0 Å². The van der Waals surface area contributed by atoms with Gasteiger partial charge in [0.1, 0.15) is 0 Å². The number of benzene rings is 2. The van der Waals surface area contributed by atoms with Crippen LogP contribution in [0.4, 0.5) is 0 Å². The van der Waals surface area contributed by atoms with E-state index in [1.165, 1.54) is 18.2 Å². The fraction of sp³-hybridized carbons (Fsp3) is 0.379. The van der Waals surface area contributed by atoms with E-state index in [0.717, 1.165) is 50.8 Å². The molecule has 3 aromatic rings. The van der Waals surface area contributed by atoms with Gasteiger partial charge in [0, 0.05) is 18.9 Å². The Morgan fingerprint density at radius 1 is 1.06 bits per heavy atom. The van der Waals surface area contributed by atoms with Gasteiger partial charge in [-0.25, -0.2) is 0 Å². The van der Waals surface area contributed by atoms with Crippen LogP contribution < -0.4 is 5.32 Å². The number of amides is 1. The van der Waals surface area contributed by atoms with Crippen LogP contribution in [-0.4, -0.2) is 25.0 Å². The second-order valence-electron chi connectivity index (χ2n) is 9.59. The quantitative estimate of drug-likeness (QED) is 0.242. The summed E-state index contributed by atoms with van der Waals surface area (Å²) in [5.74, 6) is -0.201. The largest absolute Gasteiger partial charge is 0.469 e. The van der Waals surface area contributed by atoms with E-state index in [9.17, 15) is 9.59 Å². The molecule has 1 N–H and O–H groups in total. The molecular formula is C29H31Br2NO3S. The molecule has 36 heavy (non-hydrogen) atoms. The van der Waals surface area contributed by atoms with E-state index < -0.39 is 0 Å². The highest BCUT2D eigenvalue weighted by Gasteiger charge is 2.39. The predicted octanol–water partition coefficient (Wildman–Crippen LogP) is 8.16. The number of nitrogens with one attached hydrogen (secondary N) is 1. The third-order valence-corrected chi connectivity index (χ3v) is 10.1. The van der Waals surface area contributed by atoms with Crippen LogP contribution in [0.25, 0.3) is 11.1 Å². The Labute approximate surface area is 234 Å². The Morgan fingerprint density at radius 3 is 2.42 bits per heavy atom. The number of halogens is 2. The van der Waals surface area contributed by atoms with Gasteiger partial charge in [0.25, 0.3) is 5.91 Å². The molecule has 1 saturated carbocycles. The summed E-state index contributed by atoms with van der Waals surface area (Å²) in [5.41, 5.74) is 5.32. The first-order valence-electron chi connectivity index (χ1n) is 12.3. The molecule has 1 amide bonds. The number of hydrogen-bond donors (Lipinski definition) is 1. The number of ether oxygens (including phenoxy) is 1. The van der Waals surface area contributed by atoms with E-state index in [1.54, 1.807) is 11.3 Å². The molecule has 1 aromatic heterocycles. The Hall–Kier alpha value is -1.96. The van der Waals surface area contributed by atoms with E-state index >= 15 is 0 Å². The summed E-state index contributed by atoms with van der Waals surface area (Å²) in [6.07, 6.45) is 5.74. The highest BCUT2D eigenvalue weighted by molar-refractivity contribution is 9.12. The average Bonchev–Trinajstić information content (AvgIpc) is 3.43. The Balaban J connectivity index is 1.45. The van der Waals surface area contributed by atoms with Gasteiger partial charge in [-0.05, 0) is 85.2 Å². The number of hydrogen-bond acceptors (Lipinski definition) is 4. The minimum absolute atomic E-state index is 0.0374. The molecule has 1 fully saturated rings. The zero-order valence-corrected chi connectivity index (χ0v) is 24.6. The molecule has 1 aliphatic carbocycles. The van der Waals surface area contributed by atoms with E-state index in [1.807, 2.05) is 18.2 Å². The standard InChI is InChI=1S/C29H31Br2NO3S/c1-3-29(16-14-24(33)35-2)15-13-22(18-29)32-28(34)25-23(26(30)36-27(25)31)17-19-9-11-21(12-10-19)20-7-5-4-6-8-20/h4-12,22H,3,13-18H2,1-2H3,(H,32,34). The topological polar surface area (TPSA) is 55.4 Å². The van der Waals surface area contributed by atoms with Crippen molar-refractivity contribution < 1.29 is 14.3 Å². The summed E-state index contributed by atoms with van der Waals surface area (Å²) >= 11 is 8.87. The molecule has 7 heteroatoms. The lowest BCUT2D eigenvalue weighted by Crippen LogP contribution is -2.34. The number of carbonyl (C=O) groups is 2. The summed E-state index contributed by atoms with van der Waals surface area (Å²) in [6, 6.07) is 19.0. The minimum atomic E-state index is -0.163. The van der Waals surface area contributed by atoms with E-state index in [4.69, 9.17) is 4.74 Å². The van der Waals surface area contributed by atoms with E-state index in [-0.39, 0.29) is 23.3 Å². The minimum Gasteiger partial charge on any atom is -0.469 e. The zero-order chi connectivity index (χ0) is 25.7. The van der Waals surface area contributed by atoms with Crippen molar-refractivity contribution in [1.29, 1.82) is 0 Å². The molecule has 0 spiro atoms.